The van der Waals surface area contributed by atoms with E-state index in [4.69, 9.17) is 29.6 Å². The molecule has 0 radical (unpaired) electrons. The van der Waals surface area contributed by atoms with Crippen LogP contribution < -0.4 is 11.1 Å². The molecule has 2 aromatic rings. The predicted octanol–water partition coefficient (Wildman–Crippen LogP) is 3.77. The van der Waals surface area contributed by atoms with Gasteiger partial charge in [-0.15, -0.1) is 0 Å². The molecule has 0 heterocycles. The fourth-order valence-corrected chi connectivity index (χ4v) is 2.38. The fourth-order valence-electron chi connectivity index (χ4n) is 1.87. The Morgan fingerprint density at radius 2 is 2.00 bits per heavy atom. The van der Waals surface area contributed by atoms with E-state index in [-0.39, 0.29) is 10.8 Å². The molecule has 0 aromatic heterocycles. The number of benzene rings is 2. The monoisotopic (exact) mass is 308 g/mol. The van der Waals surface area contributed by atoms with E-state index in [9.17, 15) is 4.39 Å². The summed E-state index contributed by atoms with van der Waals surface area (Å²) in [6.45, 7) is 0.615. The van der Waals surface area contributed by atoms with Crippen molar-refractivity contribution in [2.75, 3.05) is 11.9 Å². The van der Waals surface area contributed by atoms with Gasteiger partial charge >= 0.3 is 0 Å². The van der Waals surface area contributed by atoms with Crippen LogP contribution in [0.3, 0.4) is 0 Å². The van der Waals surface area contributed by atoms with Crippen molar-refractivity contribution < 1.29 is 4.39 Å². The SMILES string of the molecule is NC(=S)c1ccc(NCCc2ccccc2F)cc1Cl. The molecule has 0 bridgehead atoms. The average Bonchev–Trinajstić information content (AvgIpc) is 2.40. The number of thiocarbonyl (C=S) groups is 1. The summed E-state index contributed by atoms with van der Waals surface area (Å²) in [6, 6.07) is 12.1. The maximum absolute atomic E-state index is 13.4. The van der Waals surface area contributed by atoms with Gasteiger partial charge in [0.05, 0.1) is 5.02 Å². The number of hydrogen-bond acceptors (Lipinski definition) is 2. The molecule has 0 saturated heterocycles. The van der Waals surface area contributed by atoms with Gasteiger partial charge in [0.15, 0.2) is 0 Å². The molecule has 0 amide bonds. The second kappa shape index (κ2) is 6.68. The predicted molar refractivity (Wildman–Crippen MR) is 85.9 cm³/mol. The molecule has 0 unspecified atom stereocenters. The second-order valence-corrected chi connectivity index (χ2v) is 5.17. The van der Waals surface area contributed by atoms with Crippen LogP contribution in [0.1, 0.15) is 11.1 Å². The number of hydrogen-bond donors (Lipinski definition) is 2. The Bertz CT molecular complexity index is 631. The van der Waals surface area contributed by atoms with Gasteiger partial charge in [0.1, 0.15) is 10.8 Å². The van der Waals surface area contributed by atoms with Crippen molar-refractivity contribution in [1.82, 2.24) is 0 Å². The molecule has 2 rings (SSSR count). The second-order valence-electron chi connectivity index (χ2n) is 4.33. The maximum atomic E-state index is 13.4. The average molecular weight is 309 g/mol. The zero-order valence-electron chi connectivity index (χ0n) is 10.7. The molecule has 104 valence electrons. The summed E-state index contributed by atoms with van der Waals surface area (Å²) in [5, 5.41) is 3.70. The van der Waals surface area contributed by atoms with Crippen molar-refractivity contribution >= 4 is 34.5 Å². The Morgan fingerprint density at radius 1 is 1.25 bits per heavy atom. The molecule has 0 saturated carbocycles. The third kappa shape index (κ3) is 3.68. The molecule has 2 nitrogen and oxygen atoms in total. The standard InChI is InChI=1S/C15H14ClFN2S/c16-13-9-11(5-6-12(13)15(18)20)19-8-7-10-3-1-2-4-14(10)17/h1-6,9,19H,7-8H2,(H2,18,20). The zero-order valence-corrected chi connectivity index (χ0v) is 12.3. The van der Waals surface area contributed by atoms with Crippen LogP contribution in [0, 0.1) is 5.82 Å². The van der Waals surface area contributed by atoms with Gasteiger partial charge < -0.3 is 11.1 Å². The summed E-state index contributed by atoms with van der Waals surface area (Å²) in [7, 11) is 0. The third-order valence-corrected chi connectivity index (χ3v) is 3.45. The van der Waals surface area contributed by atoms with Crippen LogP contribution in [0.15, 0.2) is 42.5 Å². The van der Waals surface area contributed by atoms with Crippen LogP contribution in [0.25, 0.3) is 0 Å². The first-order valence-corrected chi connectivity index (χ1v) is 6.93. The van der Waals surface area contributed by atoms with Crippen LogP contribution in [0.2, 0.25) is 5.02 Å². The minimum atomic E-state index is -0.184. The third-order valence-electron chi connectivity index (χ3n) is 2.92. The minimum Gasteiger partial charge on any atom is -0.389 e. The summed E-state index contributed by atoms with van der Waals surface area (Å²) in [4.78, 5) is 0.271. The highest BCUT2D eigenvalue weighted by Gasteiger charge is 2.05. The minimum absolute atomic E-state index is 0.184. The van der Waals surface area contributed by atoms with Gasteiger partial charge in [0, 0.05) is 17.8 Å². The molecule has 0 aliphatic heterocycles. The molecule has 0 aliphatic rings. The molecule has 2 aromatic carbocycles. The highest BCUT2D eigenvalue weighted by molar-refractivity contribution is 7.80. The normalized spacial score (nSPS) is 10.3. The largest absolute Gasteiger partial charge is 0.389 e. The highest BCUT2D eigenvalue weighted by Crippen LogP contribution is 2.21. The van der Waals surface area contributed by atoms with E-state index in [1.165, 1.54) is 6.07 Å². The number of rotatable bonds is 5. The van der Waals surface area contributed by atoms with Crippen molar-refractivity contribution in [1.29, 1.82) is 0 Å². The number of halogens is 2. The Labute approximate surface area is 127 Å². The maximum Gasteiger partial charge on any atom is 0.126 e. The summed E-state index contributed by atoms with van der Waals surface area (Å²) in [5.74, 6) is -0.184. The number of nitrogens with two attached hydrogens (primary N) is 1. The van der Waals surface area contributed by atoms with Gasteiger partial charge in [-0.3, -0.25) is 0 Å². The van der Waals surface area contributed by atoms with Gasteiger partial charge in [-0.25, -0.2) is 4.39 Å². The fraction of sp³-hybridized carbons (Fsp3) is 0.133. The lowest BCUT2D eigenvalue weighted by molar-refractivity contribution is 0.610. The van der Waals surface area contributed by atoms with Crippen LogP contribution in [0.4, 0.5) is 10.1 Å². The van der Waals surface area contributed by atoms with Crippen molar-refractivity contribution in [3.05, 3.63) is 64.4 Å². The lowest BCUT2D eigenvalue weighted by Gasteiger charge is -2.09. The zero-order chi connectivity index (χ0) is 14.5. The van der Waals surface area contributed by atoms with Crippen molar-refractivity contribution in [2.45, 2.75) is 6.42 Å². The Balaban J connectivity index is 1.97. The van der Waals surface area contributed by atoms with E-state index in [0.717, 1.165) is 5.69 Å². The van der Waals surface area contributed by atoms with Gasteiger partial charge in [0.2, 0.25) is 0 Å². The van der Waals surface area contributed by atoms with E-state index in [1.54, 1.807) is 24.3 Å². The lowest BCUT2D eigenvalue weighted by atomic mass is 10.1. The van der Waals surface area contributed by atoms with E-state index < -0.39 is 0 Å². The van der Waals surface area contributed by atoms with Gasteiger partial charge in [-0.05, 0) is 36.2 Å². The van der Waals surface area contributed by atoms with Gasteiger partial charge in [-0.1, -0.05) is 42.0 Å². The molecule has 0 spiro atoms. The Kier molecular flexibility index (Phi) is 4.93. The van der Waals surface area contributed by atoms with Crippen LogP contribution in [-0.2, 0) is 6.42 Å². The van der Waals surface area contributed by atoms with E-state index >= 15 is 0 Å². The summed E-state index contributed by atoms with van der Waals surface area (Å²) in [6.07, 6.45) is 0.599. The molecule has 0 atom stereocenters. The van der Waals surface area contributed by atoms with E-state index in [2.05, 4.69) is 5.32 Å². The Morgan fingerprint density at radius 3 is 2.65 bits per heavy atom. The summed E-state index contributed by atoms with van der Waals surface area (Å²) in [5.41, 5.74) is 7.74. The van der Waals surface area contributed by atoms with E-state index in [0.29, 0.717) is 29.1 Å². The van der Waals surface area contributed by atoms with Gasteiger partial charge in [-0.2, -0.15) is 0 Å². The molecule has 5 heteroatoms. The topological polar surface area (TPSA) is 38.0 Å². The molecule has 3 N–H and O–H groups in total. The number of anilines is 1. The van der Waals surface area contributed by atoms with Crippen molar-refractivity contribution in [2.24, 2.45) is 5.73 Å². The molecular weight excluding hydrogens is 295 g/mol. The van der Waals surface area contributed by atoms with Crippen LogP contribution in [-0.4, -0.2) is 11.5 Å². The summed E-state index contributed by atoms with van der Waals surface area (Å²) < 4.78 is 13.4. The first-order valence-electron chi connectivity index (χ1n) is 6.14. The van der Waals surface area contributed by atoms with Crippen molar-refractivity contribution in [3.8, 4) is 0 Å². The molecule has 0 aliphatic carbocycles. The van der Waals surface area contributed by atoms with Crippen molar-refractivity contribution in [3.63, 3.8) is 0 Å². The van der Waals surface area contributed by atoms with Gasteiger partial charge in [0.25, 0.3) is 0 Å². The summed E-state index contributed by atoms with van der Waals surface area (Å²) >= 11 is 11.0. The first-order chi connectivity index (χ1) is 9.58. The molecular formula is C15H14ClFN2S. The number of nitrogens with one attached hydrogen (secondary N) is 1. The first kappa shape index (κ1) is 14.8. The Hall–Kier alpha value is -1.65. The van der Waals surface area contributed by atoms with Crippen LogP contribution in [0.5, 0.6) is 0 Å². The molecule has 20 heavy (non-hydrogen) atoms. The van der Waals surface area contributed by atoms with Crippen LogP contribution >= 0.6 is 23.8 Å². The molecule has 0 fully saturated rings. The quantitative estimate of drug-likeness (QED) is 0.826. The highest BCUT2D eigenvalue weighted by atomic mass is 35.5. The lowest BCUT2D eigenvalue weighted by Crippen LogP contribution is -2.11. The van der Waals surface area contributed by atoms with E-state index in [1.807, 2.05) is 12.1 Å². The smallest absolute Gasteiger partial charge is 0.126 e.